The number of amides is 1. The van der Waals surface area contributed by atoms with Gasteiger partial charge in [-0.05, 0) is 44.0 Å². The molecule has 0 radical (unpaired) electrons. The number of benzene rings is 1. The zero-order valence-corrected chi connectivity index (χ0v) is 14.8. The van der Waals surface area contributed by atoms with Gasteiger partial charge in [-0.25, -0.2) is 4.68 Å². The predicted molar refractivity (Wildman–Crippen MR) is 96.8 cm³/mol. The molecule has 25 heavy (non-hydrogen) atoms. The first kappa shape index (κ1) is 17.0. The summed E-state index contributed by atoms with van der Waals surface area (Å²) in [5.41, 5.74) is 3.54. The Labute approximate surface area is 147 Å². The Morgan fingerprint density at radius 2 is 2.04 bits per heavy atom. The molecule has 0 bridgehead atoms. The highest BCUT2D eigenvalue weighted by molar-refractivity contribution is 5.97. The summed E-state index contributed by atoms with van der Waals surface area (Å²) in [6.45, 7) is 7.51. The topological polar surface area (TPSA) is 64.7 Å². The summed E-state index contributed by atoms with van der Waals surface area (Å²) in [6, 6.07) is 11.4. The SMILES string of the molecule is Cc1cc(C)n(CC(C)CNC(=O)c2ccccc2-n2cccn2)n1. The lowest BCUT2D eigenvalue weighted by Crippen LogP contribution is -2.31. The average molecular weight is 337 g/mol. The molecule has 0 aliphatic rings. The van der Waals surface area contributed by atoms with Crippen LogP contribution >= 0.6 is 0 Å². The maximum Gasteiger partial charge on any atom is 0.253 e. The molecule has 6 heteroatoms. The van der Waals surface area contributed by atoms with Crippen LogP contribution in [0.5, 0.6) is 0 Å². The van der Waals surface area contributed by atoms with Crippen molar-refractivity contribution in [3.05, 3.63) is 65.7 Å². The first-order valence-electron chi connectivity index (χ1n) is 8.43. The van der Waals surface area contributed by atoms with Gasteiger partial charge >= 0.3 is 0 Å². The van der Waals surface area contributed by atoms with E-state index in [1.807, 2.05) is 55.1 Å². The number of carbonyl (C=O) groups excluding carboxylic acids is 1. The van der Waals surface area contributed by atoms with Crippen LogP contribution in [-0.4, -0.2) is 32.0 Å². The first-order valence-corrected chi connectivity index (χ1v) is 8.43. The zero-order chi connectivity index (χ0) is 17.8. The van der Waals surface area contributed by atoms with Crippen molar-refractivity contribution in [3.63, 3.8) is 0 Å². The second kappa shape index (κ2) is 7.34. The number of hydrogen-bond acceptors (Lipinski definition) is 3. The summed E-state index contributed by atoms with van der Waals surface area (Å²) in [5, 5.41) is 11.7. The van der Waals surface area contributed by atoms with Crippen LogP contribution in [0, 0.1) is 19.8 Å². The van der Waals surface area contributed by atoms with Crippen LogP contribution in [0.2, 0.25) is 0 Å². The van der Waals surface area contributed by atoms with Crippen LogP contribution in [0.4, 0.5) is 0 Å². The van der Waals surface area contributed by atoms with Crippen molar-refractivity contribution < 1.29 is 4.79 Å². The molecule has 0 aliphatic heterocycles. The monoisotopic (exact) mass is 337 g/mol. The van der Waals surface area contributed by atoms with Crippen molar-refractivity contribution in [1.29, 1.82) is 0 Å². The van der Waals surface area contributed by atoms with Gasteiger partial charge in [-0.15, -0.1) is 0 Å². The minimum atomic E-state index is -0.0914. The Balaban J connectivity index is 1.64. The third kappa shape index (κ3) is 3.96. The van der Waals surface area contributed by atoms with Crippen LogP contribution in [0.15, 0.2) is 48.8 Å². The van der Waals surface area contributed by atoms with E-state index >= 15 is 0 Å². The number of aromatic nitrogens is 4. The van der Waals surface area contributed by atoms with Crippen molar-refractivity contribution in [2.45, 2.75) is 27.3 Å². The molecule has 1 N–H and O–H groups in total. The molecular weight excluding hydrogens is 314 g/mol. The number of rotatable bonds is 6. The molecule has 130 valence electrons. The van der Waals surface area contributed by atoms with Crippen molar-refractivity contribution in [1.82, 2.24) is 24.9 Å². The molecule has 0 saturated carbocycles. The maximum atomic E-state index is 12.6. The molecule has 0 aliphatic carbocycles. The fraction of sp³-hybridized carbons (Fsp3) is 0.316. The number of hydrogen-bond donors (Lipinski definition) is 1. The highest BCUT2D eigenvalue weighted by atomic mass is 16.1. The van der Waals surface area contributed by atoms with E-state index in [0.29, 0.717) is 12.1 Å². The van der Waals surface area contributed by atoms with Gasteiger partial charge in [-0.3, -0.25) is 9.48 Å². The highest BCUT2D eigenvalue weighted by Gasteiger charge is 2.14. The average Bonchev–Trinajstić information content (AvgIpc) is 3.23. The number of para-hydroxylation sites is 1. The van der Waals surface area contributed by atoms with Gasteiger partial charge < -0.3 is 5.32 Å². The van der Waals surface area contributed by atoms with Crippen molar-refractivity contribution in [2.75, 3.05) is 6.54 Å². The number of aryl methyl sites for hydroxylation is 2. The summed E-state index contributed by atoms with van der Waals surface area (Å²) in [4.78, 5) is 12.6. The molecule has 1 atom stereocenters. The number of nitrogens with one attached hydrogen (secondary N) is 1. The highest BCUT2D eigenvalue weighted by Crippen LogP contribution is 2.13. The van der Waals surface area contributed by atoms with E-state index in [2.05, 4.69) is 28.5 Å². The lowest BCUT2D eigenvalue weighted by Gasteiger charge is -2.15. The van der Waals surface area contributed by atoms with Crippen LogP contribution < -0.4 is 5.32 Å². The summed E-state index contributed by atoms with van der Waals surface area (Å²) in [5.74, 6) is 0.185. The molecule has 3 rings (SSSR count). The maximum absolute atomic E-state index is 12.6. The van der Waals surface area contributed by atoms with E-state index in [0.717, 1.165) is 23.6 Å². The third-order valence-corrected chi connectivity index (χ3v) is 4.10. The van der Waals surface area contributed by atoms with E-state index in [1.54, 1.807) is 10.9 Å². The van der Waals surface area contributed by atoms with E-state index in [1.165, 1.54) is 0 Å². The normalized spacial score (nSPS) is 12.1. The minimum absolute atomic E-state index is 0.0914. The van der Waals surface area contributed by atoms with E-state index in [4.69, 9.17) is 0 Å². The molecule has 2 aromatic heterocycles. The molecule has 6 nitrogen and oxygen atoms in total. The van der Waals surface area contributed by atoms with E-state index in [-0.39, 0.29) is 11.8 Å². The second-order valence-electron chi connectivity index (χ2n) is 6.39. The fourth-order valence-electron chi connectivity index (χ4n) is 2.86. The standard InChI is InChI=1S/C19H23N5O/c1-14(13-24-16(3)11-15(2)22-24)12-20-19(25)17-7-4-5-8-18(17)23-10-6-9-21-23/h4-11,14H,12-13H2,1-3H3,(H,20,25). The van der Waals surface area contributed by atoms with Crippen molar-refractivity contribution >= 4 is 5.91 Å². The lowest BCUT2D eigenvalue weighted by atomic mass is 10.1. The summed E-state index contributed by atoms with van der Waals surface area (Å²) in [6.07, 6.45) is 3.53. The summed E-state index contributed by atoms with van der Waals surface area (Å²) in [7, 11) is 0. The number of carbonyl (C=O) groups is 1. The molecule has 0 saturated heterocycles. The largest absolute Gasteiger partial charge is 0.352 e. The predicted octanol–water partition coefficient (Wildman–Crippen LogP) is 2.75. The quantitative estimate of drug-likeness (QED) is 0.752. The fourth-order valence-corrected chi connectivity index (χ4v) is 2.86. The molecule has 3 aromatic rings. The Bertz CT molecular complexity index is 851. The van der Waals surface area contributed by atoms with Gasteiger partial charge in [-0.2, -0.15) is 10.2 Å². The Hall–Kier alpha value is -2.89. The third-order valence-electron chi connectivity index (χ3n) is 4.10. The first-order chi connectivity index (χ1) is 12.0. The summed E-state index contributed by atoms with van der Waals surface area (Å²) < 4.78 is 3.69. The van der Waals surface area contributed by atoms with Gasteiger partial charge in [0.15, 0.2) is 0 Å². The Morgan fingerprint density at radius 3 is 2.72 bits per heavy atom. The second-order valence-corrected chi connectivity index (χ2v) is 6.39. The lowest BCUT2D eigenvalue weighted by molar-refractivity contribution is 0.0946. The van der Waals surface area contributed by atoms with Gasteiger partial charge in [0.05, 0.1) is 16.9 Å². The van der Waals surface area contributed by atoms with Crippen LogP contribution in [0.25, 0.3) is 5.69 Å². The molecule has 1 unspecified atom stereocenters. The van der Waals surface area contributed by atoms with Crippen molar-refractivity contribution in [3.8, 4) is 5.69 Å². The van der Waals surface area contributed by atoms with Crippen LogP contribution in [0.3, 0.4) is 0 Å². The Kier molecular flexibility index (Phi) is 4.97. The van der Waals surface area contributed by atoms with Crippen LogP contribution in [0.1, 0.15) is 28.7 Å². The Morgan fingerprint density at radius 1 is 1.24 bits per heavy atom. The van der Waals surface area contributed by atoms with Crippen LogP contribution in [-0.2, 0) is 6.54 Å². The summed E-state index contributed by atoms with van der Waals surface area (Å²) >= 11 is 0. The van der Waals surface area contributed by atoms with Gasteiger partial charge in [-0.1, -0.05) is 19.1 Å². The van der Waals surface area contributed by atoms with Gasteiger partial charge in [0.25, 0.3) is 5.91 Å². The van der Waals surface area contributed by atoms with E-state index in [9.17, 15) is 4.79 Å². The van der Waals surface area contributed by atoms with Gasteiger partial charge in [0.1, 0.15) is 0 Å². The molecule has 1 aromatic carbocycles. The minimum Gasteiger partial charge on any atom is -0.352 e. The van der Waals surface area contributed by atoms with Gasteiger partial charge in [0.2, 0.25) is 0 Å². The molecule has 0 fully saturated rings. The molecular formula is C19H23N5O. The smallest absolute Gasteiger partial charge is 0.253 e. The van der Waals surface area contributed by atoms with Crippen molar-refractivity contribution in [2.24, 2.45) is 5.92 Å². The zero-order valence-electron chi connectivity index (χ0n) is 14.8. The molecule has 0 spiro atoms. The molecule has 1 amide bonds. The van der Waals surface area contributed by atoms with E-state index < -0.39 is 0 Å². The molecule has 2 heterocycles. The number of nitrogens with zero attached hydrogens (tertiary/aromatic N) is 4. The van der Waals surface area contributed by atoms with Gasteiger partial charge in [0, 0.05) is 31.2 Å².